The maximum absolute atomic E-state index is 12.9. The van der Waals surface area contributed by atoms with Gasteiger partial charge in [-0.05, 0) is 12.1 Å². The molecule has 1 aromatic carbocycles. The average Bonchev–Trinajstić information content (AvgIpc) is 2.06. The number of methoxy groups -OCH3 is 1. The lowest BCUT2D eigenvalue weighted by molar-refractivity contribution is 0.370. The third-order valence-corrected chi connectivity index (χ3v) is 1.55. The minimum Gasteiger partial charge on any atom is -0.504 e. The zero-order chi connectivity index (χ0) is 9.14. The van der Waals surface area contributed by atoms with E-state index in [1.807, 2.05) is 0 Å². The maximum Gasteiger partial charge on any atom is 0.168 e. The predicted molar refractivity (Wildman–Crippen MR) is 44.7 cm³/mol. The first-order valence-electron chi connectivity index (χ1n) is 3.38. The number of phenols is 1. The van der Waals surface area contributed by atoms with E-state index >= 15 is 0 Å². The lowest BCUT2D eigenvalue weighted by Gasteiger charge is -2.05. The molecule has 64 valence electrons. The number of aromatic hydroxyl groups is 1. The molecule has 0 saturated carbocycles. The topological polar surface area (TPSA) is 29.5 Å². The average molecular weight is 168 g/mol. The van der Waals surface area contributed by atoms with Crippen molar-refractivity contribution in [1.29, 1.82) is 0 Å². The Morgan fingerprint density at radius 3 is 2.75 bits per heavy atom. The van der Waals surface area contributed by atoms with E-state index in [0.717, 1.165) is 0 Å². The van der Waals surface area contributed by atoms with E-state index in [-0.39, 0.29) is 17.1 Å². The molecule has 0 atom stereocenters. The molecule has 0 heterocycles. The Bertz CT molecular complexity index is 308. The molecule has 0 fully saturated rings. The van der Waals surface area contributed by atoms with Gasteiger partial charge in [-0.25, -0.2) is 4.39 Å². The van der Waals surface area contributed by atoms with E-state index < -0.39 is 5.82 Å². The second-order valence-electron chi connectivity index (χ2n) is 2.22. The van der Waals surface area contributed by atoms with Crippen LogP contribution in [0.15, 0.2) is 18.7 Å². The van der Waals surface area contributed by atoms with Crippen molar-refractivity contribution in [1.82, 2.24) is 0 Å². The summed E-state index contributed by atoms with van der Waals surface area (Å²) >= 11 is 0. The van der Waals surface area contributed by atoms with E-state index in [0.29, 0.717) is 0 Å². The van der Waals surface area contributed by atoms with Crippen molar-refractivity contribution >= 4 is 6.08 Å². The standard InChI is InChI=1S/C9H9FO2/c1-3-6-7(10)4-5-8(12-2)9(6)11/h3-5,11H,1H2,2H3. The van der Waals surface area contributed by atoms with Crippen LogP contribution in [0.2, 0.25) is 0 Å². The van der Waals surface area contributed by atoms with Crippen molar-refractivity contribution in [3.63, 3.8) is 0 Å². The molecular formula is C9H9FO2. The van der Waals surface area contributed by atoms with Crippen LogP contribution in [0.25, 0.3) is 6.08 Å². The van der Waals surface area contributed by atoms with Gasteiger partial charge in [-0.2, -0.15) is 0 Å². The van der Waals surface area contributed by atoms with Crippen LogP contribution in [0.1, 0.15) is 5.56 Å². The summed E-state index contributed by atoms with van der Waals surface area (Å²) in [6.45, 7) is 3.37. The summed E-state index contributed by atoms with van der Waals surface area (Å²) in [6.07, 6.45) is 1.24. The first-order chi connectivity index (χ1) is 5.70. The molecule has 0 aliphatic rings. The lowest BCUT2D eigenvalue weighted by Crippen LogP contribution is -1.88. The van der Waals surface area contributed by atoms with Crippen LogP contribution in [0, 0.1) is 5.82 Å². The van der Waals surface area contributed by atoms with Crippen LogP contribution in [-0.2, 0) is 0 Å². The van der Waals surface area contributed by atoms with Gasteiger partial charge in [-0.3, -0.25) is 0 Å². The van der Waals surface area contributed by atoms with Gasteiger partial charge in [-0.15, -0.1) is 0 Å². The monoisotopic (exact) mass is 168 g/mol. The highest BCUT2D eigenvalue weighted by atomic mass is 19.1. The summed E-state index contributed by atoms with van der Waals surface area (Å²) in [5.41, 5.74) is 0.0642. The van der Waals surface area contributed by atoms with Crippen LogP contribution in [-0.4, -0.2) is 12.2 Å². The molecule has 0 saturated heterocycles. The van der Waals surface area contributed by atoms with Crippen molar-refractivity contribution < 1.29 is 14.2 Å². The maximum atomic E-state index is 12.9. The van der Waals surface area contributed by atoms with E-state index in [2.05, 4.69) is 6.58 Å². The summed E-state index contributed by atoms with van der Waals surface area (Å²) in [5.74, 6) is -0.484. The highest BCUT2D eigenvalue weighted by molar-refractivity contribution is 5.60. The number of hydrogen-bond donors (Lipinski definition) is 1. The van der Waals surface area contributed by atoms with Crippen molar-refractivity contribution in [2.24, 2.45) is 0 Å². The summed E-state index contributed by atoms with van der Waals surface area (Å²) in [5, 5.41) is 9.33. The fourth-order valence-corrected chi connectivity index (χ4v) is 0.922. The number of halogens is 1. The Labute approximate surface area is 69.9 Å². The third kappa shape index (κ3) is 1.25. The molecule has 3 heteroatoms. The normalized spacial score (nSPS) is 9.50. The highest BCUT2D eigenvalue weighted by Gasteiger charge is 2.09. The van der Waals surface area contributed by atoms with E-state index in [1.165, 1.54) is 25.3 Å². The Hall–Kier alpha value is -1.51. The molecule has 1 rings (SSSR count). The number of benzene rings is 1. The van der Waals surface area contributed by atoms with E-state index in [4.69, 9.17) is 4.74 Å². The summed E-state index contributed by atoms with van der Waals surface area (Å²) in [6, 6.07) is 2.58. The molecule has 0 aliphatic heterocycles. The molecule has 2 nitrogen and oxygen atoms in total. The predicted octanol–water partition coefficient (Wildman–Crippen LogP) is 2.18. The van der Waals surface area contributed by atoms with Crippen LogP contribution in [0.4, 0.5) is 4.39 Å². The second-order valence-corrected chi connectivity index (χ2v) is 2.22. The largest absolute Gasteiger partial charge is 0.504 e. The van der Waals surface area contributed by atoms with Crippen molar-refractivity contribution in [2.45, 2.75) is 0 Å². The quantitative estimate of drug-likeness (QED) is 0.733. The molecule has 0 amide bonds. The first kappa shape index (κ1) is 8.59. The molecule has 1 aromatic rings. The fraction of sp³-hybridized carbons (Fsp3) is 0.111. The van der Waals surface area contributed by atoms with Gasteiger partial charge in [0, 0.05) is 0 Å². The summed E-state index contributed by atoms with van der Waals surface area (Å²) < 4.78 is 17.7. The van der Waals surface area contributed by atoms with Gasteiger partial charge in [0.05, 0.1) is 12.7 Å². The van der Waals surface area contributed by atoms with Crippen molar-refractivity contribution in [2.75, 3.05) is 7.11 Å². The summed E-state index contributed by atoms with van der Waals surface area (Å²) in [4.78, 5) is 0. The Kier molecular flexibility index (Phi) is 2.33. The zero-order valence-corrected chi connectivity index (χ0v) is 6.67. The number of hydrogen-bond acceptors (Lipinski definition) is 2. The molecule has 0 aromatic heterocycles. The highest BCUT2D eigenvalue weighted by Crippen LogP contribution is 2.31. The lowest BCUT2D eigenvalue weighted by atomic mass is 10.2. The minimum absolute atomic E-state index is 0.0642. The van der Waals surface area contributed by atoms with Crippen LogP contribution in [0.3, 0.4) is 0 Å². The van der Waals surface area contributed by atoms with Crippen molar-refractivity contribution in [3.05, 3.63) is 30.1 Å². The molecule has 12 heavy (non-hydrogen) atoms. The van der Waals surface area contributed by atoms with Gasteiger partial charge in [0.15, 0.2) is 11.5 Å². The van der Waals surface area contributed by atoms with E-state index in [1.54, 1.807) is 0 Å². The molecule has 0 bridgehead atoms. The van der Waals surface area contributed by atoms with Gasteiger partial charge in [-0.1, -0.05) is 12.7 Å². The van der Waals surface area contributed by atoms with E-state index in [9.17, 15) is 9.50 Å². The smallest absolute Gasteiger partial charge is 0.168 e. The van der Waals surface area contributed by atoms with Gasteiger partial charge in [0.2, 0.25) is 0 Å². The number of ether oxygens (including phenoxy) is 1. The fourth-order valence-electron chi connectivity index (χ4n) is 0.922. The SMILES string of the molecule is C=Cc1c(F)ccc(OC)c1O. The van der Waals surface area contributed by atoms with Gasteiger partial charge in [0.25, 0.3) is 0 Å². The van der Waals surface area contributed by atoms with Crippen molar-refractivity contribution in [3.8, 4) is 11.5 Å². The van der Waals surface area contributed by atoms with Crippen LogP contribution >= 0.6 is 0 Å². The van der Waals surface area contributed by atoms with Gasteiger partial charge >= 0.3 is 0 Å². The summed E-state index contributed by atoms with van der Waals surface area (Å²) in [7, 11) is 1.40. The van der Waals surface area contributed by atoms with Gasteiger partial charge < -0.3 is 9.84 Å². The first-order valence-corrected chi connectivity index (χ1v) is 3.38. The number of rotatable bonds is 2. The van der Waals surface area contributed by atoms with Crippen LogP contribution < -0.4 is 4.74 Å². The minimum atomic E-state index is -0.511. The molecular weight excluding hydrogens is 159 g/mol. The van der Waals surface area contributed by atoms with Gasteiger partial charge in [0.1, 0.15) is 5.82 Å². The second kappa shape index (κ2) is 3.26. The molecule has 0 aliphatic carbocycles. The molecule has 0 radical (unpaired) electrons. The van der Waals surface area contributed by atoms with Crippen LogP contribution in [0.5, 0.6) is 11.5 Å². The molecule has 0 spiro atoms. The Morgan fingerprint density at radius 1 is 1.58 bits per heavy atom. The number of phenolic OH excluding ortho intramolecular Hbond substituents is 1. The molecule has 1 N–H and O–H groups in total. The molecule has 0 unspecified atom stereocenters. The Morgan fingerprint density at radius 2 is 2.25 bits per heavy atom. The Balaban J connectivity index is 3.33. The third-order valence-electron chi connectivity index (χ3n) is 1.55. The zero-order valence-electron chi connectivity index (χ0n) is 6.67.